The van der Waals surface area contributed by atoms with Gasteiger partial charge in [0, 0.05) is 12.1 Å². The Balaban J connectivity index is 1.97. The van der Waals surface area contributed by atoms with Crippen molar-refractivity contribution in [2.24, 2.45) is 0 Å². The Bertz CT molecular complexity index is 230. The minimum Gasteiger partial charge on any atom is -0.472 e. The zero-order chi connectivity index (χ0) is 10.9. The highest BCUT2D eigenvalue weighted by Gasteiger charge is 1.98. The molecule has 0 aliphatic carbocycles. The molecular formula is C12H22N2O. The molecule has 3 nitrogen and oxygen atoms in total. The van der Waals surface area contributed by atoms with Gasteiger partial charge < -0.3 is 14.6 Å². The molecule has 0 atom stereocenters. The molecule has 3 heteroatoms. The monoisotopic (exact) mass is 210 g/mol. The summed E-state index contributed by atoms with van der Waals surface area (Å²) in [5, 5.41) is 3.40. The molecule has 0 amide bonds. The fourth-order valence-electron chi connectivity index (χ4n) is 1.59. The van der Waals surface area contributed by atoms with Crippen LogP contribution >= 0.6 is 0 Å². The van der Waals surface area contributed by atoms with E-state index in [1.165, 1.54) is 18.5 Å². The zero-order valence-corrected chi connectivity index (χ0v) is 9.83. The van der Waals surface area contributed by atoms with E-state index in [1.54, 1.807) is 12.5 Å². The maximum atomic E-state index is 5.00. The molecule has 1 aromatic heterocycles. The summed E-state index contributed by atoms with van der Waals surface area (Å²) in [4.78, 5) is 2.44. The lowest BCUT2D eigenvalue weighted by atomic mass is 10.3. The third kappa shape index (κ3) is 5.00. The molecule has 1 rings (SSSR count). The first-order chi connectivity index (χ1) is 7.36. The van der Waals surface area contributed by atoms with Crippen LogP contribution in [0.5, 0.6) is 0 Å². The van der Waals surface area contributed by atoms with Gasteiger partial charge in [0.05, 0.1) is 12.5 Å². The predicted molar refractivity (Wildman–Crippen MR) is 62.8 cm³/mol. The molecule has 0 saturated heterocycles. The Morgan fingerprint density at radius 2 is 2.13 bits per heavy atom. The molecule has 0 bridgehead atoms. The van der Waals surface area contributed by atoms with Gasteiger partial charge in [0.25, 0.3) is 0 Å². The van der Waals surface area contributed by atoms with Gasteiger partial charge in [-0.3, -0.25) is 0 Å². The third-order valence-electron chi connectivity index (χ3n) is 2.63. The van der Waals surface area contributed by atoms with Crippen molar-refractivity contribution >= 4 is 0 Å². The van der Waals surface area contributed by atoms with E-state index < -0.39 is 0 Å². The molecule has 0 radical (unpaired) electrons. The first-order valence-corrected chi connectivity index (χ1v) is 5.81. The summed E-state index contributed by atoms with van der Waals surface area (Å²) in [5.41, 5.74) is 1.22. The quantitative estimate of drug-likeness (QED) is 0.666. The van der Waals surface area contributed by atoms with E-state index in [0.717, 1.165) is 26.2 Å². The van der Waals surface area contributed by atoms with E-state index in [1.807, 2.05) is 6.07 Å². The summed E-state index contributed by atoms with van der Waals surface area (Å²) in [6.07, 6.45) is 4.71. The fourth-order valence-corrected chi connectivity index (χ4v) is 1.59. The Labute approximate surface area is 92.5 Å². The van der Waals surface area contributed by atoms with Crippen molar-refractivity contribution in [3.63, 3.8) is 0 Å². The first kappa shape index (κ1) is 12.3. The van der Waals surface area contributed by atoms with Crippen molar-refractivity contribution in [1.29, 1.82) is 0 Å². The van der Waals surface area contributed by atoms with Crippen LogP contribution in [-0.2, 0) is 6.54 Å². The maximum absolute atomic E-state index is 5.00. The van der Waals surface area contributed by atoms with Crippen LogP contribution in [0, 0.1) is 0 Å². The van der Waals surface area contributed by atoms with Gasteiger partial charge in [0.1, 0.15) is 0 Å². The second kappa shape index (κ2) is 7.49. The lowest BCUT2D eigenvalue weighted by Gasteiger charge is -2.17. The van der Waals surface area contributed by atoms with Crippen molar-refractivity contribution in [1.82, 2.24) is 10.2 Å². The van der Waals surface area contributed by atoms with E-state index in [-0.39, 0.29) is 0 Å². The lowest BCUT2D eigenvalue weighted by molar-refractivity contribution is 0.298. The molecular weight excluding hydrogens is 188 g/mol. The fraction of sp³-hybridized carbons (Fsp3) is 0.667. The largest absolute Gasteiger partial charge is 0.472 e. The van der Waals surface area contributed by atoms with Crippen molar-refractivity contribution in [3.8, 4) is 0 Å². The number of furan rings is 1. The second-order valence-corrected chi connectivity index (χ2v) is 3.69. The smallest absolute Gasteiger partial charge is 0.0947 e. The Morgan fingerprint density at radius 3 is 2.73 bits per heavy atom. The van der Waals surface area contributed by atoms with Crippen molar-refractivity contribution in [3.05, 3.63) is 24.2 Å². The molecule has 86 valence electrons. The Morgan fingerprint density at radius 1 is 1.33 bits per heavy atom. The van der Waals surface area contributed by atoms with Crippen LogP contribution in [0.4, 0.5) is 0 Å². The van der Waals surface area contributed by atoms with Crippen LogP contribution in [0.15, 0.2) is 23.0 Å². The molecule has 1 N–H and O–H groups in total. The Hall–Kier alpha value is -0.800. The molecule has 1 heterocycles. The van der Waals surface area contributed by atoms with E-state index in [0.29, 0.717) is 0 Å². The highest BCUT2D eigenvalue weighted by Crippen LogP contribution is 1.98. The number of nitrogens with zero attached hydrogens (tertiary/aromatic N) is 1. The highest BCUT2D eigenvalue weighted by molar-refractivity contribution is 5.04. The van der Waals surface area contributed by atoms with Crippen LogP contribution in [0.2, 0.25) is 0 Å². The number of hydrogen-bond donors (Lipinski definition) is 1. The zero-order valence-electron chi connectivity index (χ0n) is 9.83. The van der Waals surface area contributed by atoms with Crippen LogP contribution in [0.25, 0.3) is 0 Å². The van der Waals surface area contributed by atoms with E-state index in [4.69, 9.17) is 4.42 Å². The van der Waals surface area contributed by atoms with Crippen LogP contribution in [0.3, 0.4) is 0 Å². The second-order valence-electron chi connectivity index (χ2n) is 3.69. The lowest BCUT2D eigenvalue weighted by Crippen LogP contribution is -2.27. The van der Waals surface area contributed by atoms with Gasteiger partial charge in [-0.1, -0.05) is 13.8 Å². The molecule has 0 aliphatic rings. The Kier molecular flexibility index (Phi) is 6.12. The molecule has 15 heavy (non-hydrogen) atoms. The van der Waals surface area contributed by atoms with E-state index >= 15 is 0 Å². The van der Waals surface area contributed by atoms with Crippen LogP contribution in [0.1, 0.15) is 25.8 Å². The average Bonchev–Trinajstić information content (AvgIpc) is 2.76. The topological polar surface area (TPSA) is 28.4 Å². The summed E-state index contributed by atoms with van der Waals surface area (Å²) in [5.74, 6) is 0. The van der Waals surface area contributed by atoms with Gasteiger partial charge in [-0.2, -0.15) is 0 Å². The van der Waals surface area contributed by atoms with Crippen molar-refractivity contribution in [2.75, 3.05) is 26.2 Å². The van der Waals surface area contributed by atoms with Gasteiger partial charge in [-0.25, -0.2) is 0 Å². The summed E-state index contributed by atoms with van der Waals surface area (Å²) in [7, 11) is 0. The standard InChI is InChI=1S/C12H22N2O/c1-3-14(4-2)8-5-7-13-10-12-6-9-15-11-12/h6,9,11,13H,3-5,7-8,10H2,1-2H3. The minimum atomic E-state index is 0.911. The van der Waals surface area contributed by atoms with Crippen LogP contribution in [-0.4, -0.2) is 31.1 Å². The van der Waals surface area contributed by atoms with Gasteiger partial charge in [-0.05, 0) is 38.7 Å². The SMILES string of the molecule is CCN(CC)CCCNCc1ccoc1. The summed E-state index contributed by atoms with van der Waals surface area (Å²) in [6, 6.07) is 2.00. The normalized spacial score (nSPS) is 11.1. The van der Waals surface area contributed by atoms with Gasteiger partial charge in [0.2, 0.25) is 0 Å². The highest BCUT2D eigenvalue weighted by atomic mass is 16.3. The first-order valence-electron chi connectivity index (χ1n) is 5.81. The molecule has 1 aromatic rings. The maximum Gasteiger partial charge on any atom is 0.0947 e. The molecule has 0 fully saturated rings. The molecule has 0 aliphatic heterocycles. The average molecular weight is 210 g/mol. The molecule has 0 unspecified atom stereocenters. The molecule has 0 spiro atoms. The number of hydrogen-bond acceptors (Lipinski definition) is 3. The van der Waals surface area contributed by atoms with Gasteiger partial charge in [0.15, 0.2) is 0 Å². The number of rotatable bonds is 8. The molecule has 0 saturated carbocycles. The van der Waals surface area contributed by atoms with Crippen molar-refractivity contribution in [2.45, 2.75) is 26.8 Å². The molecule has 0 aromatic carbocycles. The minimum absolute atomic E-state index is 0.911. The van der Waals surface area contributed by atoms with Gasteiger partial charge >= 0.3 is 0 Å². The predicted octanol–water partition coefficient (Wildman–Crippen LogP) is 2.10. The van der Waals surface area contributed by atoms with Crippen LogP contribution < -0.4 is 5.32 Å². The van der Waals surface area contributed by atoms with Gasteiger partial charge in [-0.15, -0.1) is 0 Å². The van der Waals surface area contributed by atoms with E-state index in [2.05, 4.69) is 24.1 Å². The third-order valence-corrected chi connectivity index (χ3v) is 2.63. The summed E-state index contributed by atoms with van der Waals surface area (Å²) in [6.45, 7) is 9.89. The summed E-state index contributed by atoms with van der Waals surface area (Å²) < 4.78 is 5.00. The summed E-state index contributed by atoms with van der Waals surface area (Å²) >= 11 is 0. The van der Waals surface area contributed by atoms with E-state index in [9.17, 15) is 0 Å². The number of nitrogens with one attached hydrogen (secondary N) is 1. The van der Waals surface area contributed by atoms with Crippen molar-refractivity contribution < 1.29 is 4.42 Å².